The van der Waals surface area contributed by atoms with Gasteiger partial charge in [0.15, 0.2) is 16.9 Å². The lowest BCUT2D eigenvalue weighted by Crippen LogP contribution is -2.14. The number of anilines is 1. The first-order valence-corrected chi connectivity index (χ1v) is 12.4. The summed E-state index contributed by atoms with van der Waals surface area (Å²) in [5.41, 5.74) is 6.86. The number of ketones is 1. The molecule has 0 spiro atoms. The van der Waals surface area contributed by atoms with Gasteiger partial charge in [0.1, 0.15) is 13.0 Å². The minimum absolute atomic E-state index is 0.0269. The maximum Gasteiger partial charge on any atom is 0.356 e. The first-order chi connectivity index (χ1) is 16.9. The predicted octanol–water partition coefficient (Wildman–Crippen LogP) is 2.99. The number of aromatic nitrogens is 4. The van der Waals surface area contributed by atoms with Gasteiger partial charge in [0.05, 0.1) is 19.5 Å². The summed E-state index contributed by atoms with van der Waals surface area (Å²) in [6.07, 6.45) is 1.07. The number of nitrogens with zero attached hydrogens (tertiary/aromatic N) is 3. The molecule has 0 aliphatic rings. The van der Waals surface area contributed by atoms with Crippen molar-refractivity contribution >= 4 is 30.5 Å². The SMILES string of the molecule is Nc1nc2c(ncn2CCOCP(=O)(OCC(=O)c2ccccc2)OCc2ccccc2)c(=O)[nH]1. The first-order valence-electron chi connectivity index (χ1n) is 10.7. The van der Waals surface area contributed by atoms with Gasteiger partial charge in [-0.25, -0.2) is 4.98 Å². The molecule has 2 aromatic carbocycles. The van der Waals surface area contributed by atoms with E-state index >= 15 is 0 Å². The second kappa shape index (κ2) is 11.2. The van der Waals surface area contributed by atoms with E-state index in [1.54, 1.807) is 34.9 Å². The number of aromatic amines is 1. The third-order valence-electron chi connectivity index (χ3n) is 4.98. The molecule has 0 amide bonds. The second-order valence-electron chi connectivity index (χ2n) is 7.53. The highest BCUT2D eigenvalue weighted by molar-refractivity contribution is 7.53. The molecule has 0 saturated carbocycles. The van der Waals surface area contributed by atoms with Crippen molar-refractivity contribution < 1.29 is 23.1 Å². The summed E-state index contributed by atoms with van der Waals surface area (Å²) in [5, 5.41) is 0. The van der Waals surface area contributed by atoms with Crippen molar-refractivity contribution in [2.24, 2.45) is 0 Å². The molecule has 35 heavy (non-hydrogen) atoms. The lowest BCUT2D eigenvalue weighted by atomic mass is 10.1. The zero-order chi connectivity index (χ0) is 24.7. The van der Waals surface area contributed by atoms with Crippen LogP contribution in [0.5, 0.6) is 0 Å². The largest absolute Gasteiger partial charge is 0.369 e. The Bertz CT molecular complexity index is 1390. The van der Waals surface area contributed by atoms with Crippen LogP contribution in [-0.4, -0.2) is 44.9 Å². The van der Waals surface area contributed by atoms with Crippen molar-refractivity contribution in [1.29, 1.82) is 0 Å². The van der Waals surface area contributed by atoms with Gasteiger partial charge >= 0.3 is 7.60 Å². The number of hydrogen-bond acceptors (Lipinski definition) is 9. The number of hydrogen-bond donors (Lipinski definition) is 2. The van der Waals surface area contributed by atoms with Gasteiger partial charge < -0.3 is 19.6 Å². The van der Waals surface area contributed by atoms with Gasteiger partial charge in [0.2, 0.25) is 5.95 Å². The van der Waals surface area contributed by atoms with Crippen molar-refractivity contribution in [1.82, 2.24) is 19.5 Å². The number of nitrogen functional groups attached to an aromatic ring is 1. The van der Waals surface area contributed by atoms with Crippen molar-refractivity contribution in [2.45, 2.75) is 13.2 Å². The Morgan fingerprint density at radius 1 is 1.06 bits per heavy atom. The van der Waals surface area contributed by atoms with E-state index in [1.807, 2.05) is 30.3 Å². The number of carbonyl (C=O) groups excluding carboxylic acids is 1. The molecule has 1 atom stereocenters. The van der Waals surface area contributed by atoms with E-state index in [1.165, 1.54) is 6.33 Å². The van der Waals surface area contributed by atoms with E-state index in [2.05, 4.69) is 15.0 Å². The molecule has 0 aliphatic heterocycles. The molecule has 0 radical (unpaired) electrons. The molecule has 12 heteroatoms. The second-order valence-corrected chi connectivity index (χ2v) is 9.53. The zero-order valence-electron chi connectivity index (χ0n) is 18.7. The summed E-state index contributed by atoms with van der Waals surface area (Å²) in [6.45, 7) is -0.0424. The molecule has 4 rings (SSSR count). The average molecular weight is 497 g/mol. The van der Waals surface area contributed by atoms with Crippen LogP contribution in [0.15, 0.2) is 71.8 Å². The third-order valence-corrected chi connectivity index (χ3v) is 6.52. The lowest BCUT2D eigenvalue weighted by molar-refractivity contribution is 0.0855. The number of fused-ring (bicyclic) bond motifs is 1. The molecular formula is C23H24N5O6P. The Morgan fingerprint density at radius 2 is 1.77 bits per heavy atom. The smallest absolute Gasteiger partial charge is 0.356 e. The van der Waals surface area contributed by atoms with Crippen LogP contribution in [0.4, 0.5) is 5.95 Å². The van der Waals surface area contributed by atoms with E-state index in [0.29, 0.717) is 11.2 Å². The zero-order valence-corrected chi connectivity index (χ0v) is 19.6. The third kappa shape index (κ3) is 6.49. The number of benzene rings is 2. The minimum atomic E-state index is -3.79. The van der Waals surface area contributed by atoms with Crippen LogP contribution in [0.1, 0.15) is 15.9 Å². The van der Waals surface area contributed by atoms with E-state index in [0.717, 1.165) is 5.56 Å². The van der Waals surface area contributed by atoms with Crippen molar-refractivity contribution in [3.8, 4) is 0 Å². The molecule has 182 valence electrons. The topological polar surface area (TPSA) is 151 Å². The fraction of sp³-hybridized carbons (Fsp3) is 0.217. The molecule has 3 N–H and O–H groups in total. The van der Waals surface area contributed by atoms with Gasteiger partial charge in [0.25, 0.3) is 5.56 Å². The van der Waals surface area contributed by atoms with Gasteiger partial charge in [-0.2, -0.15) is 4.98 Å². The molecule has 0 bridgehead atoms. The highest BCUT2D eigenvalue weighted by Crippen LogP contribution is 2.49. The first kappa shape index (κ1) is 24.5. The molecule has 0 aliphatic carbocycles. The Labute approximate surface area is 200 Å². The van der Waals surface area contributed by atoms with Crippen molar-refractivity contribution in [2.75, 3.05) is 25.3 Å². The van der Waals surface area contributed by atoms with Gasteiger partial charge in [-0.15, -0.1) is 0 Å². The Balaban J connectivity index is 1.38. The molecule has 0 fully saturated rings. The molecule has 2 aromatic heterocycles. The van der Waals surface area contributed by atoms with Gasteiger partial charge in [-0.3, -0.25) is 23.7 Å². The van der Waals surface area contributed by atoms with Crippen molar-refractivity contribution in [3.05, 3.63) is 88.5 Å². The Kier molecular flexibility index (Phi) is 7.84. The number of carbonyl (C=O) groups is 1. The summed E-state index contributed by atoms with van der Waals surface area (Å²) < 4.78 is 31.6. The van der Waals surface area contributed by atoms with Crippen LogP contribution in [0.2, 0.25) is 0 Å². The number of imidazole rings is 1. The monoisotopic (exact) mass is 497 g/mol. The number of Topliss-reactive ketones (excluding diaryl/α,β-unsaturated/α-hetero) is 1. The normalized spacial score (nSPS) is 13.0. The molecule has 2 heterocycles. The number of ether oxygens (including phenoxy) is 1. The fourth-order valence-corrected chi connectivity index (χ4v) is 4.43. The number of H-pyrrole nitrogens is 1. The Morgan fingerprint density at radius 3 is 2.51 bits per heavy atom. The molecule has 11 nitrogen and oxygen atoms in total. The van der Waals surface area contributed by atoms with Crippen LogP contribution < -0.4 is 11.3 Å². The summed E-state index contributed by atoms with van der Waals surface area (Å²) in [6, 6.07) is 17.7. The van der Waals surface area contributed by atoms with Gasteiger partial charge in [-0.1, -0.05) is 60.7 Å². The number of rotatable bonds is 12. The average Bonchev–Trinajstić information content (AvgIpc) is 3.28. The van der Waals surface area contributed by atoms with E-state index in [9.17, 15) is 14.2 Å². The van der Waals surface area contributed by atoms with E-state index in [4.69, 9.17) is 19.5 Å². The Hall–Kier alpha value is -3.63. The van der Waals surface area contributed by atoms with Crippen LogP contribution in [0.3, 0.4) is 0 Å². The number of nitrogens with one attached hydrogen (secondary N) is 1. The lowest BCUT2D eigenvalue weighted by Gasteiger charge is -2.18. The molecule has 1 unspecified atom stereocenters. The van der Waals surface area contributed by atoms with E-state index in [-0.39, 0.29) is 43.4 Å². The van der Waals surface area contributed by atoms with Gasteiger partial charge in [0, 0.05) is 12.1 Å². The standard InChI is InChI=1S/C23H24N5O6P/c24-23-26-21-20(22(30)27-23)25-15-28(21)11-12-32-16-35(31,33-13-17-7-3-1-4-8-17)34-14-19(29)18-9-5-2-6-10-18/h1-10,15H,11-14,16H2,(H3,24,26,27,30). The molecule has 0 saturated heterocycles. The molecular weight excluding hydrogens is 473 g/mol. The van der Waals surface area contributed by atoms with Crippen LogP contribution in [0.25, 0.3) is 11.2 Å². The van der Waals surface area contributed by atoms with Gasteiger partial charge in [-0.05, 0) is 5.56 Å². The maximum atomic E-state index is 13.4. The summed E-state index contributed by atoms with van der Waals surface area (Å²) in [4.78, 5) is 34.8. The van der Waals surface area contributed by atoms with Crippen LogP contribution >= 0.6 is 7.60 Å². The quantitative estimate of drug-likeness (QED) is 0.171. The maximum absolute atomic E-state index is 13.4. The minimum Gasteiger partial charge on any atom is -0.369 e. The predicted molar refractivity (Wildman–Crippen MR) is 129 cm³/mol. The summed E-state index contributed by atoms with van der Waals surface area (Å²) in [5.74, 6) is -0.353. The molecule has 4 aromatic rings. The number of nitrogens with two attached hydrogens (primary N) is 1. The highest BCUT2D eigenvalue weighted by Gasteiger charge is 2.27. The van der Waals surface area contributed by atoms with Crippen molar-refractivity contribution in [3.63, 3.8) is 0 Å². The fourth-order valence-electron chi connectivity index (χ4n) is 3.20. The summed E-state index contributed by atoms with van der Waals surface area (Å²) in [7, 11) is -3.79. The van der Waals surface area contributed by atoms with Crippen LogP contribution in [0, 0.1) is 0 Å². The van der Waals surface area contributed by atoms with Crippen LogP contribution in [-0.2, 0) is 31.5 Å². The highest BCUT2D eigenvalue weighted by atomic mass is 31.2. The summed E-state index contributed by atoms with van der Waals surface area (Å²) >= 11 is 0. The van der Waals surface area contributed by atoms with E-state index < -0.39 is 19.8 Å².